The molecule has 0 fully saturated rings. The van der Waals surface area contributed by atoms with Gasteiger partial charge >= 0.3 is 0 Å². The smallest absolute Gasteiger partial charge is 0.251 e. The molecule has 184 valence electrons. The first-order valence-corrected chi connectivity index (χ1v) is 12.8. The first-order chi connectivity index (χ1) is 17.3. The predicted octanol–water partition coefficient (Wildman–Crippen LogP) is 3.02. The molecule has 36 heavy (non-hydrogen) atoms. The Morgan fingerprint density at radius 2 is 1.92 bits per heavy atom. The summed E-state index contributed by atoms with van der Waals surface area (Å²) in [6.45, 7) is 0.439. The van der Waals surface area contributed by atoms with Crippen molar-refractivity contribution in [2.45, 2.75) is 23.5 Å². The van der Waals surface area contributed by atoms with E-state index in [0.29, 0.717) is 24.2 Å². The molecule has 2 aromatic heterocycles. The number of hydrogen-bond acceptors (Lipinski definition) is 5. The average Bonchev–Trinajstić information content (AvgIpc) is 3.52. The van der Waals surface area contributed by atoms with Crippen LogP contribution in [0.4, 0.5) is 4.39 Å². The molecule has 0 saturated carbocycles. The van der Waals surface area contributed by atoms with Crippen LogP contribution in [0.1, 0.15) is 39.3 Å². The molecule has 0 bridgehead atoms. The van der Waals surface area contributed by atoms with Gasteiger partial charge in [-0.05, 0) is 67.4 Å². The van der Waals surface area contributed by atoms with Crippen molar-refractivity contribution in [3.8, 4) is 11.8 Å². The molecule has 1 amide bonds. The highest BCUT2D eigenvalue weighted by atomic mass is 32.2. The summed E-state index contributed by atoms with van der Waals surface area (Å²) in [6.07, 6.45) is 4.78. The minimum atomic E-state index is -3.81. The molecule has 2 aromatic carbocycles. The van der Waals surface area contributed by atoms with E-state index in [9.17, 15) is 17.6 Å². The summed E-state index contributed by atoms with van der Waals surface area (Å²) in [4.78, 5) is 12.7. The maximum atomic E-state index is 13.2. The zero-order valence-electron chi connectivity index (χ0n) is 19.5. The van der Waals surface area contributed by atoms with Crippen LogP contribution < -0.4 is 5.32 Å². The highest BCUT2D eigenvalue weighted by Crippen LogP contribution is 2.22. The summed E-state index contributed by atoms with van der Waals surface area (Å²) in [5, 5.41) is 13.8. The fourth-order valence-electron chi connectivity index (χ4n) is 3.53. The average molecular weight is 506 g/mol. The van der Waals surface area contributed by atoms with Crippen molar-refractivity contribution in [3.63, 3.8) is 0 Å². The molecule has 4 rings (SSSR count). The Bertz CT molecular complexity index is 1520. The number of aromatic amines is 1. The lowest BCUT2D eigenvalue weighted by Gasteiger charge is -2.09. The van der Waals surface area contributed by atoms with Crippen LogP contribution in [0.15, 0.2) is 71.9 Å². The largest absolute Gasteiger partial charge is 0.352 e. The third-order valence-electron chi connectivity index (χ3n) is 5.34. The van der Waals surface area contributed by atoms with Gasteiger partial charge < -0.3 is 5.32 Å². The number of aromatic nitrogens is 4. The second-order valence-corrected chi connectivity index (χ2v) is 10.1. The standard InChI is InChI=1S/C26H24FN5O3S/c1-32-16-13-24(31-32)18-36(34,35)25-11-8-21(26(33)28-14-2-3-23-12-15-29-30-23)17-20(25)7-4-19-5-9-22(27)10-6-19/h5-6,8-13,15-17H,2-3,14,18H2,1H3,(H,28,33)(H,29,30). The first-order valence-electron chi connectivity index (χ1n) is 11.2. The second kappa shape index (κ2) is 11.0. The van der Waals surface area contributed by atoms with Gasteiger partial charge in [-0.15, -0.1) is 0 Å². The van der Waals surface area contributed by atoms with Gasteiger partial charge in [0.15, 0.2) is 9.84 Å². The van der Waals surface area contributed by atoms with Crippen LogP contribution in [0, 0.1) is 17.7 Å². The molecule has 0 radical (unpaired) electrons. The van der Waals surface area contributed by atoms with E-state index in [1.165, 1.54) is 47.1 Å². The minimum Gasteiger partial charge on any atom is -0.352 e. The summed E-state index contributed by atoms with van der Waals surface area (Å²) >= 11 is 0. The highest BCUT2D eigenvalue weighted by molar-refractivity contribution is 7.90. The SMILES string of the molecule is Cn1ccc(CS(=O)(=O)c2ccc(C(=O)NCCCc3ccn[nH]3)cc2C#Cc2ccc(F)cc2)n1. The van der Waals surface area contributed by atoms with Crippen molar-refractivity contribution in [2.75, 3.05) is 6.54 Å². The number of carbonyl (C=O) groups excluding carboxylic acids is 1. The van der Waals surface area contributed by atoms with Gasteiger partial charge in [0.25, 0.3) is 5.91 Å². The zero-order chi connectivity index (χ0) is 25.5. The maximum absolute atomic E-state index is 13.2. The summed E-state index contributed by atoms with van der Waals surface area (Å²) in [5.41, 5.74) is 2.36. The van der Waals surface area contributed by atoms with Crippen molar-refractivity contribution in [1.82, 2.24) is 25.3 Å². The van der Waals surface area contributed by atoms with E-state index in [1.807, 2.05) is 6.07 Å². The Labute approximate surface area is 208 Å². The molecule has 0 atom stereocenters. The van der Waals surface area contributed by atoms with Crippen LogP contribution in [0.3, 0.4) is 0 Å². The Morgan fingerprint density at radius 1 is 1.11 bits per heavy atom. The van der Waals surface area contributed by atoms with E-state index in [0.717, 1.165) is 12.1 Å². The summed E-state index contributed by atoms with van der Waals surface area (Å²) < 4.78 is 41.2. The van der Waals surface area contributed by atoms with Gasteiger partial charge in [-0.25, -0.2) is 12.8 Å². The lowest BCUT2D eigenvalue weighted by molar-refractivity contribution is 0.0953. The fraction of sp³-hybridized carbons (Fsp3) is 0.192. The van der Waals surface area contributed by atoms with Gasteiger partial charge in [-0.2, -0.15) is 10.2 Å². The molecule has 0 aliphatic heterocycles. The van der Waals surface area contributed by atoms with Crippen LogP contribution in [0.25, 0.3) is 0 Å². The number of rotatable bonds is 8. The summed E-state index contributed by atoms with van der Waals surface area (Å²) in [7, 11) is -2.10. The third kappa shape index (κ3) is 6.46. The normalized spacial score (nSPS) is 11.1. The van der Waals surface area contributed by atoms with E-state index in [2.05, 4.69) is 32.5 Å². The number of carbonyl (C=O) groups is 1. The Balaban J connectivity index is 1.58. The Hall–Kier alpha value is -4.23. The number of nitrogens with zero attached hydrogens (tertiary/aromatic N) is 3. The molecule has 4 aromatic rings. The zero-order valence-corrected chi connectivity index (χ0v) is 20.3. The molecule has 0 aliphatic rings. The number of halogens is 1. The molecule has 0 unspecified atom stereocenters. The van der Waals surface area contributed by atoms with Crippen molar-refractivity contribution >= 4 is 15.7 Å². The molecule has 0 aliphatic carbocycles. The monoisotopic (exact) mass is 505 g/mol. The summed E-state index contributed by atoms with van der Waals surface area (Å²) in [6, 6.07) is 13.4. The van der Waals surface area contributed by atoms with Crippen LogP contribution in [0.5, 0.6) is 0 Å². The molecule has 8 nitrogen and oxygen atoms in total. The Kier molecular flexibility index (Phi) is 7.61. The molecule has 10 heteroatoms. The van der Waals surface area contributed by atoms with E-state index in [1.54, 1.807) is 25.5 Å². The molecule has 2 heterocycles. The highest BCUT2D eigenvalue weighted by Gasteiger charge is 2.21. The van der Waals surface area contributed by atoms with Crippen LogP contribution in [-0.2, 0) is 29.1 Å². The van der Waals surface area contributed by atoms with Gasteiger partial charge in [0.1, 0.15) is 5.82 Å². The van der Waals surface area contributed by atoms with Gasteiger partial charge in [0.2, 0.25) is 0 Å². The van der Waals surface area contributed by atoms with Crippen molar-refractivity contribution in [2.24, 2.45) is 7.05 Å². The number of hydrogen-bond donors (Lipinski definition) is 2. The second-order valence-electron chi connectivity index (χ2n) is 8.15. The lowest BCUT2D eigenvalue weighted by atomic mass is 10.1. The lowest BCUT2D eigenvalue weighted by Crippen LogP contribution is -2.25. The van der Waals surface area contributed by atoms with Crippen LogP contribution in [0.2, 0.25) is 0 Å². The molecular formula is C26H24FN5O3S. The first kappa shape index (κ1) is 24.9. The van der Waals surface area contributed by atoms with E-state index < -0.39 is 15.7 Å². The van der Waals surface area contributed by atoms with E-state index in [-0.39, 0.29) is 27.7 Å². The molecular weight excluding hydrogens is 481 g/mol. The molecule has 0 spiro atoms. The topological polar surface area (TPSA) is 110 Å². The number of nitrogens with one attached hydrogen (secondary N) is 2. The molecule has 0 saturated heterocycles. The van der Waals surface area contributed by atoms with Crippen LogP contribution in [-0.4, -0.2) is 40.8 Å². The summed E-state index contributed by atoms with van der Waals surface area (Å²) in [5.74, 6) is 4.68. The quantitative estimate of drug-likeness (QED) is 0.283. The number of benzene rings is 2. The minimum absolute atomic E-state index is 0.00133. The van der Waals surface area contributed by atoms with E-state index >= 15 is 0 Å². The number of aryl methyl sites for hydroxylation is 2. The number of H-pyrrole nitrogens is 1. The van der Waals surface area contributed by atoms with Gasteiger partial charge in [0, 0.05) is 48.4 Å². The fourth-order valence-corrected chi connectivity index (χ4v) is 4.95. The Morgan fingerprint density at radius 3 is 2.61 bits per heavy atom. The van der Waals surface area contributed by atoms with Gasteiger partial charge in [-0.3, -0.25) is 14.6 Å². The van der Waals surface area contributed by atoms with Crippen molar-refractivity contribution < 1.29 is 17.6 Å². The van der Waals surface area contributed by atoms with Crippen LogP contribution >= 0.6 is 0 Å². The number of amides is 1. The van der Waals surface area contributed by atoms with Gasteiger partial charge in [-0.1, -0.05) is 11.8 Å². The van der Waals surface area contributed by atoms with E-state index in [4.69, 9.17) is 0 Å². The predicted molar refractivity (Wildman–Crippen MR) is 132 cm³/mol. The third-order valence-corrected chi connectivity index (χ3v) is 7.04. The van der Waals surface area contributed by atoms with Gasteiger partial charge in [0.05, 0.1) is 16.3 Å². The number of sulfone groups is 1. The maximum Gasteiger partial charge on any atom is 0.251 e. The van der Waals surface area contributed by atoms with Crippen molar-refractivity contribution in [1.29, 1.82) is 0 Å². The molecule has 2 N–H and O–H groups in total. The van der Waals surface area contributed by atoms with Crippen molar-refractivity contribution in [3.05, 3.63) is 101 Å².